The minimum Gasteiger partial charge on any atom is -0.507 e. The van der Waals surface area contributed by atoms with E-state index in [9.17, 15) is 9.90 Å². The van der Waals surface area contributed by atoms with E-state index < -0.39 is 0 Å². The molecule has 2 rings (SSSR count). The molecule has 0 saturated heterocycles. The van der Waals surface area contributed by atoms with Gasteiger partial charge >= 0.3 is 0 Å². The number of rotatable bonds is 8. The Bertz CT molecular complexity index is 773. The molecule has 1 N–H and O–H groups in total. The maximum atomic E-state index is 11.6. The first kappa shape index (κ1) is 18.5. The van der Waals surface area contributed by atoms with Gasteiger partial charge in [0.2, 0.25) is 0 Å². The zero-order valence-corrected chi connectivity index (χ0v) is 14.7. The molecule has 0 amide bonds. The van der Waals surface area contributed by atoms with Crippen molar-refractivity contribution in [2.24, 2.45) is 0 Å². The van der Waals surface area contributed by atoms with Crippen LogP contribution < -0.4 is 4.74 Å². The molecule has 0 fully saturated rings. The number of ketones is 1. The number of benzene rings is 2. The largest absolute Gasteiger partial charge is 0.507 e. The maximum Gasteiger partial charge on any atom is 0.163 e. The number of nitrogens with zero attached hydrogens (tertiary/aromatic N) is 1. The van der Waals surface area contributed by atoms with Crippen LogP contribution in [0.2, 0.25) is 0 Å². The van der Waals surface area contributed by atoms with Gasteiger partial charge in [0.1, 0.15) is 18.1 Å². The first-order chi connectivity index (χ1) is 12.1. The van der Waals surface area contributed by atoms with E-state index >= 15 is 0 Å². The number of phenolic OH excluding ortho intramolecular Hbond substituents is 1. The van der Waals surface area contributed by atoms with E-state index in [0.717, 1.165) is 35.3 Å². The SMILES string of the molecule is CCCc1c(COc2ccc(CCC#N)cc2)ccc(C(C)=O)c1O. The van der Waals surface area contributed by atoms with Gasteiger partial charge in [-0.2, -0.15) is 5.26 Å². The van der Waals surface area contributed by atoms with Gasteiger partial charge in [0.25, 0.3) is 0 Å². The van der Waals surface area contributed by atoms with Crippen LogP contribution >= 0.6 is 0 Å². The van der Waals surface area contributed by atoms with E-state index in [4.69, 9.17) is 10.00 Å². The van der Waals surface area contributed by atoms with Crippen molar-refractivity contribution in [1.29, 1.82) is 5.26 Å². The summed E-state index contributed by atoms with van der Waals surface area (Å²) in [7, 11) is 0. The average Bonchev–Trinajstić information content (AvgIpc) is 2.61. The number of nitriles is 1. The minimum absolute atomic E-state index is 0.0716. The summed E-state index contributed by atoms with van der Waals surface area (Å²) in [5.41, 5.74) is 3.12. The normalized spacial score (nSPS) is 10.3. The van der Waals surface area contributed by atoms with Crippen LogP contribution in [-0.2, 0) is 19.4 Å². The molecule has 0 unspecified atom stereocenters. The number of hydrogen-bond donors (Lipinski definition) is 1. The predicted octanol–water partition coefficient (Wildman–Crippen LogP) is 4.58. The van der Waals surface area contributed by atoms with Gasteiger partial charge in [-0.15, -0.1) is 0 Å². The molecular weight excluding hydrogens is 314 g/mol. The van der Waals surface area contributed by atoms with Crippen LogP contribution in [0.3, 0.4) is 0 Å². The van der Waals surface area contributed by atoms with Gasteiger partial charge in [-0.1, -0.05) is 31.5 Å². The van der Waals surface area contributed by atoms with Crippen molar-refractivity contribution < 1.29 is 14.6 Å². The molecule has 2 aromatic rings. The molecule has 2 aromatic carbocycles. The van der Waals surface area contributed by atoms with Crippen LogP contribution in [0.1, 0.15) is 53.7 Å². The summed E-state index contributed by atoms with van der Waals surface area (Å²) < 4.78 is 5.83. The lowest BCUT2D eigenvalue weighted by Gasteiger charge is -2.14. The summed E-state index contributed by atoms with van der Waals surface area (Å²) in [6.07, 6.45) is 2.80. The van der Waals surface area contributed by atoms with Crippen molar-refractivity contribution >= 4 is 5.78 Å². The van der Waals surface area contributed by atoms with Crippen molar-refractivity contribution in [3.05, 3.63) is 58.7 Å². The van der Waals surface area contributed by atoms with Crippen LogP contribution in [0.4, 0.5) is 0 Å². The van der Waals surface area contributed by atoms with Crippen molar-refractivity contribution in [2.45, 2.75) is 46.1 Å². The molecule has 0 bridgehead atoms. The topological polar surface area (TPSA) is 70.3 Å². The van der Waals surface area contributed by atoms with E-state index in [2.05, 4.69) is 6.07 Å². The highest BCUT2D eigenvalue weighted by atomic mass is 16.5. The van der Waals surface area contributed by atoms with E-state index in [1.54, 1.807) is 6.07 Å². The standard InChI is InChI=1S/C21H23NO3/c1-3-5-20-17(9-12-19(15(2)23)21(20)24)14-25-18-10-7-16(8-11-18)6-4-13-22/h7-12,24H,3-6,14H2,1-2H3. The fourth-order valence-corrected chi connectivity index (χ4v) is 2.74. The first-order valence-electron chi connectivity index (χ1n) is 8.50. The van der Waals surface area contributed by atoms with Gasteiger partial charge in [0.15, 0.2) is 5.78 Å². The second-order valence-corrected chi connectivity index (χ2v) is 6.00. The molecule has 0 atom stereocenters. The Morgan fingerprint density at radius 1 is 1.16 bits per heavy atom. The van der Waals surface area contributed by atoms with Crippen LogP contribution in [0.15, 0.2) is 36.4 Å². The summed E-state index contributed by atoms with van der Waals surface area (Å²) >= 11 is 0. The quantitative estimate of drug-likeness (QED) is 0.716. The van der Waals surface area contributed by atoms with Gasteiger partial charge in [0.05, 0.1) is 11.6 Å². The number of ether oxygens (including phenoxy) is 1. The summed E-state index contributed by atoms with van der Waals surface area (Å²) in [6.45, 7) is 3.82. The second-order valence-electron chi connectivity index (χ2n) is 6.00. The molecule has 4 nitrogen and oxygen atoms in total. The zero-order chi connectivity index (χ0) is 18.2. The van der Waals surface area contributed by atoms with Crippen molar-refractivity contribution in [1.82, 2.24) is 0 Å². The molecule has 0 aliphatic heterocycles. The third-order valence-corrected chi connectivity index (χ3v) is 4.10. The van der Waals surface area contributed by atoms with Crippen molar-refractivity contribution in [2.75, 3.05) is 0 Å². The highest BCUT2D eigenvalue weighted by molar-refractivity contribution is 5.97. The van der Waals surface area contributed by atoms with Crippen LogP contribution in [0, 0.1) is 11.3 Å². The molecule has 0 heterocycles. The Balaban J connectivity index is 2.13. The monoisotopic (exact) mass is 337 g/mol. The summed E-state index contributed by atoms with van der Waals surface area (Å²) in [4.78, 5) is 11.6. The van der Waals surface area contributed by atoms with Gasteiger partial charge in [-0.3, -0.25) is 4.79 Å². The highest BCUT2D eigenvalue weighted by Gasteiger charge is 2.15. The minimum atomic E-state index is -0.143. The number of aryl methyl sites for hydroxylation is 1. The number of Topliss-reactive ketones (excluding diaryl/α,β-unsaturated/α-hetero) is 1. The summed E-state index contributed by atoms with van der Waals surface area (Å²) in [5, 5.41) is 19.0. The third kappa shape index (κ3) is 4.84. The molecule has 130 valence electrons. The molecule has 0 aliphatic carbocycles. The molecule has 0 spiro atoms. The fourth-order valence-electron chi connectivity index (χ4n) is 2.74. The Kier molecular flexibility index (Phi) is 6.59. The molecule has 0 aromatic heterocycles. The fraction of sp³-hybridized carbons (Fsp3) is 0.333. The second kappa shape index (κ2) is 8.89. The Hall–Kier alpha value is -2.80. The lowest BCUT2D eigenvalue weighted by molar-refractivity contribution is 0.101. The number of aromatic hydroxyl groups is 1. The van der Waals surface area contributed by atoms with E-state index in [1.165, 1.54) is 6.92 Å². The van der Waals surface area contributed by atoms with Crippen molar-refractivity contribution in [3.63, 3.8) is 0 Å². The molecule has 0 radical (unpaired) electrons. The Labute approximate surface area is 148 Å². The summed E-state index contributed by atoms with van der Waals surface area (Å²) in [6, 6.07) is 13.3. The smallest absolute Gasteiger partial charge is 0.163 e. The molecule has 0 saturated carbocycles. The lowest BCUT2D eigenvalue weighted by atomic mass is 9.97. The Morgan fingerprint density at radius 3 is 2.48 bits per heavy atom. The number of phenols is 1. The molecular formula is C21H23NO3. The number of hydrogen-bond acceptors (Lipinski definition) is 4. The van der Waals surface area contributed by atoms with Gasteiger partial charge < -0.3 is 9.84 Å². The van der Waals surface area contributed by atoms with Crippen LogP contribution in [-0.4, -0.2) is 10.9 Å². The first-order valence-corrected chi connectivity index (χ1v) is 8.50. The Morgan fingerprint density at radius 2 is 1.88 bits per heavy atom. The van der Waals surface area contributed by atoms with Crippen LogP contribution in [0.5, 0.6) is 11.5 Å². The van der Waals surface area contributed by atoms with Crippen LogP contribution in [0.25, 0.3) is 0 Å². The van der Waals surface area contributed by atoms with E-state index in [-0.39, 0.29) is 11.5 Å². The van der Waals surface area contributed by atoms with Gasteiger partial charge in [-0.05, 0) is 49.1 Å². The van der Waals surface area contributed by atoms with Gasteiger partial charge in [0, 0.05) is 12.0 Å². The van der Waals surface area contributed by atoms with E-state index in [1.807, 2.05) is 37.3 Å². The zero-order valence-electron chi connectivity index (χ0n) is 14.7. The highest BCUT2D eigenvalue weighted by Crippen LogP contribution is 2.29. The molecule has 25 heavy (non-hydrogen) atoms. The third-order valence-electron chi connectivity index (χ3n) is 4.10. The number of carbonyl (C=O) groups excluding carboxylic acids is 1. The molecule has 0 aliphatic rings. The average molecular weight is 337 g/mol. The van der Waals surface area contributed by atoms with E-state index in [0.29, 0.717) is 25.0 Å². The summed E-state index contributed by atoms with van der Waals surface area (Å²) in [5.74, 6) is 0.663. The number of carbonyl (C=O) groups is 1. The lowest BCUT2D eigenvalue weighted by Crippen LogP contribution is -2.04. The van der Waals surface area contributed by atoms with Gasteiger partial charge in [-0.25, -0.2) is 0 Å². The predicted molar refractivity (Wildman–Crippen MR) is 96.8 cm³/mol. The maximum absolute atomic E-state index is 11.6. The molecule has 4 heteroatoms. The van der Waals surface area contributed by atoms with Crippen molar-refractivity contribution in [3.8, 4) is 17.6 Å².